The van der Waals surface area contributed by atoms with Crippen molar-refractivity contribution in [3.8, 4) is 0 Å². The number of aromatic amines is 2. The zero-order chi connectivity index (χ0) is 15.8. The van der Waals surface area contributed by atoms with Gasteiger partial charge in [0.2, 0.25) is 10.0 Å². The number of carbonyl (C=O) groups excluding carboxylic acids is 1. The first-order chi connectivity index (χ1) is 9.70. The number of benzene rings is 1. The first kappa shape index (κ1) is 14.9. The van der Waals surface area contributed by atoms with Crippen LogP contribution in [0.25, 0.3) is 11.0 Å². The van der Waals surface area contributed by atoms with Gasteiger partial charge >= 0.3 is 11.1 Å². The average Bonchev–Trinajstić information content (AvgIpc) is 2.38. The summed E-state index contributed by atoms with van der Waals surface area (Å²) in [6.07, 6.45) is 0. The van der Waals surface area contributed by atoms with Crippen LogP contribution in [0.15, 0.2) is 32.7 Å². The molecule has 1 heterocycles. The van der Waals surface area contributed by atoms with Gasteiger partial charge in [0.15, 0.2) is 0 Å². The van der Waals surface area contributed by atoms with Crippen molar-refractivity contribution in [3.63, 3.8) is 0 Å². The lowest BCUT2D eigenvalue weighted by Crippen LogP contribution is -2.45. The Hall–Kier alpha value is -2.46. The third-order valence-electron chi connectivity index (χ3n) is 2.69. The second-order valence-electron chi connectivity index (χ2n) is 4.28. The molecule has 21 heavy (non-hydrogen) atoms. The van der Waals surface area contributed by atoms with Gasteiger partial charge in [0.05, 0.1) is 27.9 Å². The van der Waals surface area contributed by atoms with Crippen molar-refractivity contribution in [1.82, 2.24) is 14.7 Å². The van der Waals surface area contributed by atoms with Crippen LogP contribution in [0, 0.1) is 0 Å². The van der Waals surface area contributed by atoms with E-state index in [1.807, 2.05) is 4.72 Å². The fraction of sp³-hybridized carbons (Fsp3) is 0.182. The number of hydrogen-bond donors (Lipinski definition) is 3. The second-order valence-corrected chi connectivity index (χ2v) is 5.99. The number of nitrogens with one attached hydrogen (secondary N) is 3. The quantitative estimate of drug-likeness (QED) is 0.537. The van der Waals surface area contributed by atoms with Crippen molar-refractivity contribution in [2.75, 3.05) is 0 Å². The number of fused-ring (bicyclic) bond motifs is 1. The first-order valence-corrected chi connectivity index (χ1v) is 7.18. The van der Waals surface area contributed by atoms with Crippen LogP contribution in [0.3, 0.4) is 0 Å². The van der Waals surface area contributed by atoms with Gasteiger partial charge in [0, 0.05) is 0 Å². The molecule has 0 radical (unpaired) electrons. The van der Waals surface area contributed by atoms with E-state index in [-0.39, 0.29) is 15.9 Å². The van der Waals surface area contributed by atoms with Gasteiger partial charge in [-0.05, 0) is 25.1 Å². The van der Waals surface area contributed by atoms with Crippen molar-refractivity contribution < 1.29 is 18.3 Å². The molecule has 1 aromatic heterocycles. The maximum atomic E-state index is 12.0. The lowest BCUT2D eigenvalue weighted by Gasteiger charge is -2.15. The molecule has 0 saturated carbocycles. The summed E-state index contributed by atoms with van der Waals surface area (Å²) < 4.78 is 25.9. The van der Waals surface area contributed by atoms with Crippen LogP contribution in [0.2, 0.25) is 0 Å². The SMILES string of the molecule is CC(NS(=O)(=O)c1ccc2[nH]c(=O)c(=O)[nH]c2c1)C(=O)[O-]. The third-order valence-corrected chi connectivity index (χ3v) is 4.23. The van der Waals surface area contributed by atoms with E-state index < -0.39 is 33.2 Å². The number of aromatic nitrogens is 2. The molecule has 1 atom stereocenters. The fourth-order valence-corrected chi connectivity index (χ4v) is 2.83. The second kappa shape index (κ2) is 5.14. The monoisotopic (exact) mass is 312 g/mol. The lowest BCUT2D eigenvalue weighted by atomic mass is 10.3. The molecular weight excluding hydrogens is 302 g/mol. The fourth-order valence-electron chi connectivity index (χ4n) is 1.61. The molecule has 3 N–H and O–H groups in total. The van der Waals surface area contributed by atoms with E-state index in [1.54, 1.807) is 0 Å². The van der Waals surface area contributed by atoms with E-state index in [4.69, 9.17) is 0 Å². The average molecular weight is 312 g/mol. The van der Waals surface area contributed by atoms with E-state index in [2.05, 4.69) is 9.97 Å². The summed E-state index contributed by atoms with van der Waals surface area (Å²) >= 11 is 0. The van der Waals surface area contributed by atoms with Crippen LogP contribution in [0.4, 0.5) is 0 Å². The van der Waals surface area contributed by atoms with Crippen molar-refractivity contribution in [2.45, 2.75) is 17.9 Å². The highest BCUT2D eigenvalue weighted by atomic mass is 32.2. The Morgan fingerprint density at radius 2 is 1.76 bits per heavy atom. The minimum absolute atomic E-state index is 0.101. The molecule has 0 spiro atoms. The predicted octanol–water partition coefficient (Wildman–Crippen LogP) is -2.37. The summed E-state index contributed by atoms with van der Waals surface area (Å²) in [6.45, 7) is 1.12. The van der Waals surface area contributed by atoms with Gasteiger partial charge < -0.3 is 19.9 Å². The van der Waals surface area contributed by atoms with E-state index >= 15 is 0 Å². The van der Waals surface area contributed by atoms with Crippen molar-refractivity contribution >= 4 is 27.0 Å². The van der Waals surface area contributed by atoms with Crippen LogP contribution in [-0.4, -0.2) is 30.4 Å². The Morgan fingerprint density at radius 3 is 2.33 bits per heavy atom. The molecular formula is C11H10N3O6S-. The number of carboxylic acids is 1. The van der Waals surface area contributed by atoms with Crippen LogP contribution in [0.5, 0.6) is 0 Å². The highest BCUT2D eigenvalue weighted by molar-refractivity contribution is 7.89. The van der Waals surface area contributed by atoms with Crippen molar-refractivity contribution in [1.29, 1.82) is 0 Å². The van der Waals surface area contributed by atoms with Gasteiger partial charge in [-0.2, -0.15) is 0 Å². The topological polar surface area (TPSA) is 152 Å². The molecule has 9 nitrogen and oxygen atoms in total. The number of sulfonamides is 1. The summed E-state index contributed by atoms with van der Waals surface area (Å²) in [5, 5.41) is 10.6. The van der Waals surface area contributed by atoms with Gasteiger partial charge in [-0.3, -0.25) is 9.59 Å². The number of rotatable bonds is 4. The zero-order valence-corrected chi connectivity index (χ0v) is 11.5. The smallest absolute Gasteiger partial charge is 0.314 e. The molecule has 0 amide bonds. The molecule has 0 aliphatic rings. The van der Waals surface area contributed by atoms with E-state index in [9.17, 15) is 27.9 Å². The van der Waals surface area contributed by atoms with Crippen molar-refractivity contribution in [2.24, 2.45) is 0 Å². The van der Waals surface area contributed by atoms with Crippen LogP contribution >= 0.6 is 0 Å². The van der Waals surface area contributed by atoms with Gasteiger partial charge in [0.1, 0.15) is 0 Å². The number of H-pyrrole nitrogens is 2. The van der Waals surface area contributed by atoms with Crippen LogP contribution in [0.1, 0.15) is 6.92 Å². The molecule has 1 aromatic carbocycles. The molecule has 2 rings (SSSR count). The molecule has 0 fully saturated rings. The van der Waals surface area contributed by atoms with E-state index in [0.29, 0.717) is 0 Å². The zero-order valence-electron chi connectivity index (χ0n) is 10.7. The lowest BCUT2D eigenvalue weighted by molar-refractivity contribution is -0.307. The molecule has 2 aromatic rings. The molecule has 0 saturated heterocycles. The Bertz CT molecular complexity index is 927. The minimum atomic E-state index is -4.10. The first-order valence-electron chi connectivity index (χ1n) is 5.70. The van der Waals surface area contributed by atoms with Crippen LogP contribution in [-0.2, 0) is 14.8 Å². The molecule has 1 unspecified atom stereocenters. The number of hydrogen-bond acceptors (Lipinski definition) is 6. The van der Waals surface area contributed by atoms with Gasteiger partial charge in [-0.1, -0.05) is 0 Å². The maximum Gasteiger partial charge on any atom is 0.314 e. The molecule has 0 bridgehead atoms. The minimum Gasteiger partial charge on any atom is -0.548 e. The Kier molecular flexibility index (Phi) is 3.66. The van der Waals surface area contributed by atoms with E-state index in [1.165, 1.54) is 12.1 Å². The number of carboxylic acid groups (broad SMARTS) is 1. The van der Waals surface area contributed by atoms with Gasteiger partial charge in [-0.25, -0.2) is 13.1 Å². The number of carbonyl (C=O) groups is 1. The van der Waals surface area contributed by atoms with E-state index in [0.717, 1.165) is 13.0 Å². The molecule has 0 aliphatic carbocycles. The van der Waals surface area contributed by atoms with Crippen LogP contribution < -0.4 is 20.9 Å². The summed E-state index contributed by atoms with van der Waals surface area (Å²) in [7, 11) is -4.10. The summed E-state index contributed by atoms with van der Waals surface area (Å²) in [5.41, 5.74) is -1.44. The van der Waals surface area contributed by atoms with Gasteiger partial charge in [0.25, 0.3) is 0 Å². The summed E-state index contributed by atoms with van der Waals surface area (Å²) in [5.74, 6) is -1.57. The Morgan fingerprint density at radius 1 is 1.19 bits per heavy atom. The molecule has 10 heteroatoms. The number of aliphatic carboxylic acids is 1. The van der Waals surface area contributed by atoms with Gasteiger partial charge in [-0.15, -0.1) is 0 Å². The molecule has 0 aliphatic heterocycles. The van der Waals surface area contributed by atoms with Crippen molar-refractivity contribution in [3.05, 3.63) is 38.9 Å². The third kappa shape index (κ3) is 3.01. The maximum absolute atomic E-state index is 12.0. The predicted molar refractivity (Wildman–Crippen MR) is 70.0 cm³/mol. The molecule has 112 valence electrons. The Balaban J connectivity index is 2.52. The highest BCUT2D eigenvalue weighted by Gasteiger charge is 2.18. The summed E-state index contributed by atoms with van der Waals surface area (Å²) in [6, 6.07) is 2.14. The normalized spacial score (nSPS) is 13.2. The standard InChI is InChI=1S/C11H11N3O6S/c1-5(11(17)18)14-21(19,20)6-2-3-7-8(4-6)13-10(16)9(15)12-7/h2-5,14H,1H3,(H,12,15)(H,13,16)(H,17,18)/p-1. The summed E-state index contributed by atoms with van der Waals surface area (Å²) in [4.78, 5) is 37.2. The Labute approximate surface area is 117 Å². The largest absolute Gasteiger partial charge is 0.548 e. The highest BCUT2D eigenvalue weighted by Crippen LogP contribution is 2.14.